The van der Waals surface area contributed by atoms with E-state index in [1.165, 1.54) is 0 Å². The first-order valence-corrected chi connectivity index (χ1v) is 5.30. The van der Waals surface area contributed by atoms with Crippen LogP contribution in [0.15, 0.2) is 12.2 Å². The van der Waals surface area contributed by atoms with E-state index in [9.17, 15) is 4.79 Å². The van der Waals surface area contributed by atoms with Gasteiger partial charge in [-0.3, -0.25) is 4.79 Å². The van der Waals surface area contributed by atoms with Crippen molar-refractivity contribution in [2.45, 2.75) is 44.7 Å². The van der Waals surface area contributed by atoms with E-state index in [4.69, 9.17) is 5.73 Å². The molecule has 1 saturated carbocycles. The summed E-state index contributed by atoms with van der Waals surface area (Å²) < 4.78 is 0. The Kier molecular flexibility index (Phi) is 4.14. The molecule has 0 unspecified atom stereocenters. The van der Waals surface area contributed by atoms with Gasteiger partial charge in [0.2, 0.25) is 5.91 Å². The molecule has 0 saturated heterocycles. The molecule has 0 aromatic rings. The fourth-order valence-electron chi connectivity index (χ4n) is 1.93. The number of rotatable bonds is 2. The van der Waals surface area contributed by atoms with Crippen LogP contribution in [-0.2, 0) is 4.79 Å². The lowest BCUT2D eigenvalue weighted by molar-refractivity contribution is -0.127. The second-order valence-electron chi connectivity index (χ2n) is 4.02. The van der Waals surface area contributed by atoms with E-state index in [0.29, 0.717) is 12.1 Å². The summed E-state index contributed by atoms with van der Waals surface area (Å²) in [6.45, 7) is 1.86. The maximum atomic E-state index is 11.5. The van der Waals surface area contributed by atoms with Gasteiger partial charge in [0.1, 0.15) is 0 Å². The van der Waals surface area contributed by atoms with Crippen LogP contribution in [0.5, 0.6) is 0 Å². The zero-order chi connectivity index (χ0) is 10.6. The maximum Gasteiger partial charge on any atom is 0.246 e. The van der Waals surface area contributed by atoms with Crippen molar-refractivity contribution < 1.29 is 4.79 Å². The first kappa shape index (κ1) is 11.2. The normalized spacial score (nSPS) is 27.9. The Morgan fingerprint density at radius 3 is 2.43 bits per heavy atom. The molecule has 1 aliphatic rings. The summed E-state index contributed by atoms with van der Waals surface area (Å²) in [4.78, 5) is 13.4. The summed E-state index contributed by atoms with van der Waals surface area (Å²) in [7, 11) is 1.88. The van der Waals surface area contributed by atoms with Gasteiger partial charge >= 0.3 is 0 Å². The Labute approximate surface area is 86.0 Å². The standard InChI is InChI=1S/C11H20N2O/c1-3-4-11(14)13(2)10-7-5-9(12)6-8-10/h3-4,9-10H,5-8,12H2,1-2H3/b4-3+. The third kappa shape index (κ3) is 2.84. The predicted molar refractivity (Wildman–Crippen MR) is 57.8 cm³/mol. The van der Waals surface area contributed by atoms with Crippen LogP contribution in [0.2, 0.25) is 0 Å². The number of nitrogens with zero attached hydrogens (tertiary/aromatic N) is 1. The molecule has 0 radical (unpaired) electrons. The number of hydrogen-bond acceptors (Lipinski definition) is 2. The number of carbonyl (C=O) groups is 1. The topological polar surface area (TPSA) is 46.3 Å². The van der Waals surface area contributed by atoms with Crippen LogP contribution in [0.4, 0.5) is 0 Å². The number of amides is 1. The van der Waals surface area contributed by atoms with Crippen molar-refractivity contribution in [2.75, 3.05) is 7.05 Å². The molecule has 0 aromatic carbocycles. The molecule has 0 heterocycles. The van der Waals surface area contributed by atoms with Crippen LogP contribution in [0, 0.1) is 0 Å². The van der Waals surface area contributed by atoms with Crippen LogP contribution >= 0.6 is 0 Å². The third-order valence-corrected chi connectivity index (χ3v) is 2.95. The number of hydrogen-bond donors (Lipinski definition) is 1. The second kappa shape index (κ2) is 5.15. The molecular formula is C11H20N2O. The van der Waals surface area contributed by atoms with Gasteiger partial charge in [-0.05, 0) is 38.7 Å². The molecule has 1 fully saturated rings. The minimum atomic E-state index is 0.105. The van der Waals surface area contributed by atoms with E-state index < -0.39 is 0 Å². The van der Waals surface area contributed by atoms with Gasteiger partial charge in [0.25, 0.3) is 0 Å². The molecule has 0 aliphatic heterocycles. The molecule has 3 nitrogen and oxygen atoms in total. The number of nitrogens with two attached hydrogens (primary N) is 1. The molecule has 0 atom stereocenters. The van der Waals surface area contributed by atoms with E-state index in [1.807, 2.05) is 18.9 Å². The summed E-state index contributed by atoms with van der Waals surface area (Å²) in [6.07, 6.45) is 7.57. The van der Waals surface area contributed by atoms with Gasteiger partial charge in [-0.25, -0.2) is 0 Å². The molecule has 14 heavy (non-hydrogen) atoms. The predicted octanol–water partition coefficient (Wildman–Crippen LogP) is 1.29. The smallest absolute Gasteiger partial charge is 0.246 e. The number of likely N-dealkylation sites (N-methyl/N-ethyl adjacent to an activating group) is 1. The largest absolute Gasteiger partial charge is 0.339 e. The lowest BCUT2D eigenvalue weighted by atomic mass is 9.91. The second-order valence-corrected chi connectivity index (χ2v) is 4.02. The van der Waals surface area contributed by atoms with Crippen molar-refractivity contribution in [3.63, 3.8) is 0 Å². The van der Waals surface area contributed by atoms with Gasteiger partial charge in [-0.2, -0.15) is 0 Å². The molecule has 0 spiro atoms. The van der Waals surface area contributed by atoms with Gasteiger partial charge in [-0.1, -0.05) is 6.08 Å². The van der Waals surface area contributed by atoms with Crippen molar-refractivity contribution in [3.8, 4) is 0 Å². The Hall–Kier alpha value is -0.830. The Morgan fingerprint density at radius 1 is 1.36 bits per heavy atom. The average molecular weight is 196 g/mol. The van der Waals surface area contributed by atoms with E-state index in [2.05, 4.69) is 0 Å². The Bertz CT molecular complexity index is 217. The molecule has 0 aromatic heterocycles. The van der Waals surface area contributed by atoms with E-state index >= 15 is 0 Å². The maximum absolute atomic E-state index is 11.5. The molecule has 1 rings (SSSR count). The van der Waals surface area contributed by atoms with Gasteiger partial charge in [0, 0.05) is 19.1 Å². The summed E-state index contributed by atoms with van der Waals surface area (Å²) in [6, 6.07) is 0.731. The summed E-state index contributed by atoms with van der Waals surface area (Å²) in [5, 5.41) is 0. The van der Waals surface area contributed by atoms with Crippen molar-refractivity contribution in [1.29, 1.82) is 0 Å². The van der Waals surface area contributed by atoms with Crippen molar-refractivity contribution in [2.24, 2.45) is 5.73 Å². The molecule has 1 amide bonds. The number of carbonyl (C=O) groups excluding carboxylic acids is 1. The first-order valence-electron chi connectivity index (χ1n) is 5.30. The summed E-state index contributed by atoms with van der Waals surface area (Å²) in [5.74, 6) is 0.105. The van der Waals surface area contributed by atoms with Crippen LogP contribution in [0.25, 0.3) is 0 Å². The summed E-state index contributed by atoms with van der Waals surface area (Å²) in [5.41, 5.74) is 5.81. The van der Waals surface area contributed by atoms with Crippen LogP contribution in [-0.4, -0.2) is 29.9 Å². The lowest BCUT2D eigenvalue weighted by Crippen LogP contribution is -2.41. The fourth-order valence-corrected chi connectivity index (χ4v) is 1.93. The summed E-state index contributed by atoms with van der Waals surface area (Å²) >= 11 is 0. The highest BCUT2D eigenvalue weighted by atomic mass is 16.2. The zero-order valence-corrected chi connectivity index (χ0v) is 9.07. The molecular weight excluding hydrogens is 176 g/mol. The molecule has 0 bridgehead atoms. The Balaban J connectivity index is 2.45. The van der Waals surface area contributed by atoms with Crippen molar-refractivity contribution >= 4 is 5.91 Å². The molecule has 2 N–H and O–H groups in total. The fraction of sp³-hybridized carbons (Fsp3) is 0.727. The van der Waals surface area contributed by atoms with Gasteiger partial charge in [0.15, 0.2) is 0 Å². The lowest BCUT2D eigenvalue weighted by Gasteiger charge is -2.32. The van der Waals surface area contributed by atoms with Gasteiger partial charge in [0.05, 0.1) is 0 Å². The monoisotopic (exact) mass is 196 g/mol. The highest BCUT2D eigenvalue weighted by molar-refractivity contribution is 5.87. The number of allylic oxidation sites excluding steroid dienone is 1. The van der Waals surface area contributed by atoms with Crippen molar-refractivity contribution in [3.05, 3.63) is 12.2 Å². The minimum absolute atomic E-state index is 0.105. The average Bonchev–Trinajstić information content (AvgIpc) is 2.18. The molecule has 80 valence electrons. The highest BCUT2D eigenvalue weighted by Gasteiger charge is 2.23. The SMILES string of the molecule is C/C=C/C(=O)N(C)C1CCC(N)CC1. The molecule has 1 aliphatic carbocycles. The molecule has 3 heteroatoms. The Morgan fingerprint density at radius 2 is 1.93 bits per heavy atom. The van der Waals surface area contributed by atoms with Crippen LogP contribution in [0.3, 0.4) is 0 Å². The first-order chi connectivity index (χ1) is 6.65. The van der Waals surface area contributed by atoms with E-state index in [-0.39, 0.29) is 5.91 Å². The van der Waals surface area contributed by atoms with Crippen LogP contribution < -0.4 is 5.73 Å². The quantitative estimate of drug-likeness (QED) is 0.676. The van der Waals surface area contributed by atoms with Gasteiger partial charge < -0.3 is 10.6 Å². The van der Waals surface area contributed by atoms with Crippen molar-refractivity contribution in [1.82, 2.24) is 4.90 Å². The van der Waals surface area contributed by atoms with E-state index in [1.54, 1.807) is 12.2 Å². The highest BCUT2D eigenvalue weighted by Crippen LogP contribution is 2.21. The minimum Gasteiger partial charge on any atom is -0.339 e. The van der Waals surface area contributed by atoms with E-state index in [0.717, 1.165) is 25.7 Å². The third-order valence-electron chi connectivity index (χ3n) is 2.95. The zero-order valence-electron chi connectivity index (χ0n) is 9.07. The van der Waals surface area contributed by atoms with Gasteiger partial charge in [-0.15, -0.1) is 0 Å². The van der Waals surface area contributed by atoms with Crippen LogP contribution in [0.1, 0.15) is 32.6 Å².